The summed E-state index contributed by atoms with van der Waals surface area (Å²) in [5.41, 5.74) is 9.50. The maximum atomic E-state index is 6.03. The van der Waals surface area contributed by atoms with Crippen molar-refractivity contribution in [2.24, 2.45) is 11.8 Å². The van der Waals surface area contributed by atoms with Crippen LogP contribution in [0.1, 0.15) is 148 Å². The third-order valence-corrected chi connectivity index (χ3v) is 35.1. The average Bonchev–Trinajstić information content (AvgIpc) is 3.68. The molecule has 2 atom stereocenters. The summed E-state index contributed by atoms with van der Waals surface area (Å²) in [6.07, 6.45) is 23.9. The molecule has 46 heavy (non-hydrogen) atoms. The van der Waals surface area contributed by atoms with Gasteiger partial charge in [0.2, 0.25) is 0 Å². The molecule has 3 heteroatoms. The fourth-order valence-corrected chi connectivity index (χ4v) is 31.9. The predicted octanol–water partition coefficient (Wildman–Crippen LogP) is 13.1. The summed E-state index contributed by atoms with van der Waals surface area (Å²) in [4.78, 5) is 0. The van der Waals surface area contributed by atoms with Crippen LogP contribution >= 0.6 is 24.8 Å². The molecule has 2 fully saturated rings. The van der Waals surface area contributed by atoms with Gasteiger partial charge in [0, 0.05) is 0 Å². The van der Waals surface area contributed by atoms with E-state index in [0.29, 0.717) is 7.25 Å². The van der Waals surface area contributed by atoms with Gasteiger partial charge in [-0.3, -0.25) is 0 Å². The number of hydrogen-bond acceptors (Lipinski definition) is 0. The zero-order valence-corrected chi connectivity index (χ0v) is 34.5. The first-order chi connectivity index (χ1) is 20.7. The Morgan fingerprint density at radius 1 is 0.696 bits per heavy atom. The summed E-state index contributed by atoms with van der Waals surface area (Å²) in [6.45, 7) is 19.9. The first kappa shape index (κ1) is 38.1. The Hall–Kier alpha value is -0.747. The Bertz CT molecular complexity index is 1500. The van der Waals surface area contributed by atoms with Crippen molar-refractivity contribution >= 4 is 32.3 Å². The molecule has 0 spiro atoms. The first-order valence-corrected chi connectivity index (χ1v) is 25.5. The van der Waals surface area contributed by atoms with Crippen molar-refractivity contribution in [1.29, 1.82) is 0 Å². The monoisotopic (exact) mass is 740 g/mol. The molecule has 4 aliphatic carbocycles. The Kier molecular flexibility index (Phi) is 11.5. The molecule has 0 saturated heterocycles. The van der Waals surface area contributed by atoms with Gasteiger partial charge in [-0.2, -0.15) is 0 Å². The normalized spacial score (nSPS) is 20.7. The van der Waals surface area contributed by atoms with Gasteiger partial charge in [-0.15, -0.1) is 24.8 Å². The molecule has 0 amide bonds. The van der Waals surface area contributed by atoms with Crippen molar-refractivity contribution in [1.82, 2.24) is 0 Å². The van der Waals surface area contributed by atoms with Crippen LogP contribution in [-0.2, 0) is 35.5 Å². The molecule has 6 rings (SSSR count). The van der Waals surface area contributed by atoms with Crippen LogP contribution in [0.15, 0.2) is 51.8 Å². The fourth-order valence-electron chi connectivity index (χ4n) is 10.6. The summed E-state index contributed by atoms with van der Waals surface area (Å²) in [7, 11) is 0. The van der Waals surface area contributed by atoms with Crippen LogP contribution in [-0.4, -0.2) is 4.21 Å². The van der Waals surface area contributed by atoms with E-state index in [1.54, 1.807) is 20.0 Å². The molecule has 2 aromatic carbocycles. The van der Waals surface area contributed by atoms with E-state index in [-0.39, 0.29) is 35.6 Å². The van der Waals surface area contributed by atoms with Gasteiger partial charge >= 0.3 is 273 Å². The van der Waals surface area contributed by atoms with Crippen LogP contribution in [0, 0.1) is 11.8 Å². The van der Waals surface area contributed by atoms with Crippen molar-refractivity contribution < 1.29 is 18.3 Å². The van der Waals surface area contributed by atoms with E-state index in [9.17, 15) is 0 Å². The number of fused-ring (bicyclic) bond motifs is 3. The standard InChI is InChI=1S/C21H25.2C8H15.C5H5.CH2.2ClH.Zr/c1-20(2,3)16-9-7-14-11-15-8-10-17(21(4,5)6)13-19(15)18(14)12-16;2*1-2-8-6-4-3-5-7-8;1-2-4-5-3-1;;;;/h7,9-10,12-13H,11H2,1-6H3;2*2,8H,3-7H2,1H3;1-3H,4H2;1H2;2*1H;. The maximum absolute atomic E-state index is 6.03. The number of halogens is 2. The minimum atomic E-state index is -4.33. The van der Waals surface area contributed by atoms with Gasteiger partial charge in [-0.05, 0) is 0 Å². The Morgan fingerprint density at radius 3 is 1.70 bits per heavy atom. The van der Waals surface area contributed by atoms with Crippen molar-refractivity contribution in [3.8, 4) is 11.1 Å². The third-order valence-electron chi connectivity index (χ3n) is 13.7. The van der Waals surface area contributed by atoms with Gasteiger partial charge in [-0.1, -0.05) is 0 Å². The molecular formula is C43H64Cl2Zr. The summed E-state index contributed by atoms with van der Waals surface area (Å²) in [5, 5.41) is 0. The molecule has 0 nitrogen and oxygen atoms in total. The molecule has 2 saturated carbocycles. The fraction of sp³-hybridized carbons (Fsp3) is 0.605. The Labute approximate surface area is 296 Å². The molecule has 254 valence electrons. The predicted molar refractivity (Wildman–Crippen MR) is 207 cm³/mol. The number of rotatable bonds is 6. The van der Waals surface area contributed by atoms with Gasteiger partial charge in [0.05, 0.1) is 0 Å². The second-order valence-corrected chi connectivity index (χ2v) is 33.3. The first-order valence-electron chi connectivity index (χ1n) is 18.5. The third kappa shape index (κ3) is 6.24. The summed E-state index contributed by atoms with van der Waals surface area (Å²) < 4.78 is 11.0. The molecule has 2 unspecified atom stereocenters. The van der Waals surface area contributed by atoms with Crippen LogP contribution < -0.4 is 3.27 Å². The number of allylic oxidation sites excluding steroid dienone is 4. The SMILES string of the molecule is Cl.Cl.[CH2]=[Zr]([C]1=CC=CC1)([c]1cc(C(C)(C)C)cc2c1Cc1ccc(C(C)(C)C)cc1-2)([CH](C)C1CCCCC1)[CH](C)C1CCCCC1. The molecule has 0 bridgehead atoms. The van der Waals surface area contributed by atoms with E-state index in [2.05, 4.69) is 104 Å². The quantitative estimate of drug-likeness (QED) is 0.236. The Balaban J connectivity index is 0.00000240. The molecule has 2 aromatic rings. The van der Waals surface area contributed by atoms with Crippen LogP contribution in [0.25, 0.3) is 11.1 Å². The van der Waals surface area contributed by atoms with E-state index in [1.807, 2.05) is 3.28 Å². The van der Waals surface area contributed by atoms with E-state index in [4.69, 9.17) is 4.21 Å². The zero-order chi connectivity index (χ0) is 31.5. The van der Waals surface area contributed by atoms with Crippen molar-refractivity contribution in [2.75, 3.05) is 0 Å². The van der Waals surface area contributed by atoms with Gasteiger partial charge in [0.25, 0.3) is 0 Å². The van der Waals surface area contributed by atoms with Gasteiger partial charge < -0.3 is 0 Å². The summed E-state index contributed by atoms with van der Waals surface area (Å²) in [6, 6.07) is 12.9. The second kappa shape index (κ2) is 13.9. The topological polar surface area (TPSA) is 0 Å². The molecule has 0 heterocycles. The van der Waals surface area contributed by atoms with Crippen molar-refractivity contribution in [3.05, 3.63) is 74.1 Å². The van der Waals surface area contributed by atoms with Crippen LogP contribution in [0.5, 0.6) is 0 Å². The van der Waals surface area contributed by atoms with Crippen LogP contribution in [0.2, 0.25) is 7.25 Å². The molecule has 0 aliphatic heterocycles. The van der Waals surface area contributed by atoms with Crippen molar-refractivity contribution in [2.45, 2.75) is 151 Å². The molecular weight excluding hydrogens is 679 g/mol. The van der Waals surface area contributed by atoms with E-state index >= 15 is 0 Å². The summed E-state index contributed by atoms with van der Waals surface area (Å²) >= 11 is -4.33. The molecule has 0 radical (unpaired) electrons. The van der Waals surface area contributed by atoms with Gasteiger partial charge in [0.1, 0.15) is 0 Å². The average molecular weight is 743 g/mol. The van der Waals surface area contributed by atoms with E-state index in [0.717, 1.165) is 24.7 Å². The van der Waals surface area contributed by atoms with Crippen LogP contribution in [0.3, 0.4) is 0 Å². The zero-order valence-electron chi connectivity index (χ0n) is 30.4. The van der Waals surface area contributed by atoms with Crippen molar-refractivity contribution in [3.63, 3.8) is 0 Å². The van der Waals surface area contributed by atoms with Gasteiger partial charge in [0.15, 0.2) is 0 Å². The van der Waals surface area contributed by atoms with Crippen LogP contribution in [0.4, 0.5) is 0 Å². The number of hydrogen-bond donors (Lipinski definition) is 0. The molecule has 0 aromatic heterocycles. The minimum absolute atomic E-state index is 0. The van der Waals surface area contributed by atoms with E-state index < -0.39 is 18.3 Å². The van der Waals surface area contributed by atoms with E-state index in [1.165, 1.54) is 80.9 Å². The summed E-state index contributed by atoms with van der Waals surface area (Å²) in [5.74, 6) is 1.62. The molecule has 0 N–H and O–H groups in total. The van der Waals surface area contributed by atoms with Gasteiger partial charge in [-0.25, -0.2) is 0 Å². The molecule has 4 aliphatic rings. The second-order valence-electron chi connectivity index (χ2n) is 17.9. The number of benzene rings is 2. The Morgan fingerprint density at radius 2 is 1.22 bits per heavy atom.